The van der Waals surface area contributed by atoms with Gasteiger partial charge in [0.15, 0.2) is 0 Å². The summed E-state index contributed by atoms with van der Waals surface area (Å²) in [4.78, 5) is 21.1. The van der Waals surface area contributed by atoms with Crippen LogP contribution in [0.3, 0.4) is 0 Å². The van der Waals surface area contributed by atoms with E-state index >= 15 is 0 Å². The molecule has 0 saturated carbocycles. The van der Waals surface area contributed by atoms with Crippen molar-refractivity contribution >= 4 is 11.7 Å². The van der Waals surface area contributed by atoms with E-state index in [1.54, 1.807) is 6.92 Å². The zero-order valence-corrected chi connectivity index (χ0v) is 10.5. The third-order valence-corrected chi connectivity index (χ3v) is 2.47. The van der Waals surface area contributed by atoms with Crippen molar-refractivity contribution in [3.05, 3.63) is 39.4 Å². The first-order valence-electron chi connectivity index (χ1n) is 5.71. The lowest BCUT2D eigenvalue weighted by atomic mass is 10.1. The zero-order valence-electron chi connectivity index (χ0n) is 10.5. The number of nitro groups is 1. The minimum absolute atomic E-state index is 0.518. The molecule has 1 aromatic rings. The number of ether oxygens (including phenoxy) is 1. The number of rotatable bonds is 5. The molecule has 0 fully saturated rings. The van der Waals surface area contributed by atoms with Gasteiger partial charge in [0.05, 0.1) is 11.0 Å². The number of esters is 1. The van der Waals surface area contributed by atoms with Crippen molar-refractivity contribution in [2.75, 3.05) is 0 Å². The Kier molecular flexibility index (Phi) is 4.91. The molecule has 1 unspecified atom stereocenters. The second-order valence-corrected chi connectivity index (χ2v) is 4.02. The van der Waals surface area contributed by atoms with E-state index in [0.717, 1.165) is 6.42 Å². The maximum Gasteiger partial charge on any atom is 0.344 e. The van der Waals surface area contributed by atoms with Crippen molar-refractivity contribution in [3.8, 4) is 0 Å². The van der Waals surface area contributed by atoms with E-state index < -0.39 is 39.9 Å². The molecule has 104 valence electrons. The number of nitrogens with zero attached hydrogens (tertiary/aromatic N) is 1. The second-order valence-electron chi connectivity index (χ2n) is 4.02. The van der Waals surface area contributed by atoms with Crippen LogP contribution in [-0.2, 0) is 4.74 Å². The fourth-order valence-electron chi connectivity index (χ4n) is 1.58. The molecule has 0 saturated heterocycles. The quantitative estimate of drug-likeness (QED) is 0.469. The molecule has 1 atom stereocenters. The van der Waals surface area contributed by atoms with E-state index in [1.165, 1.54) is 0 Å². The molecule has 0 aliphatic heterocycles. The van der Waals surface area contributed by atoms with Crippen molar-refractivity contribution in [2.45, 2.75) is 32.8 Å². The summed E-state index contributed by atoms with van der Waals surface area (Å²) in [6.07, 6.45) is 0.744. The lowest BCUT2D eigenvalue weighted by Gasteiger charge is -2.12. The van der Waals surface area contributed by atoms with Crippen LogP contribution in [0.5, 0.6) is 0 Å². The van der Waals surface area contributed by atoms with E-state index in [-0.39, 0.29) is 0 Å². The smallest absolute Gasteiger partial charge is 0.344 e. The molecule has 0 spiro atoms. The van der Waals surface area contributed by atoms with Crippen LogP contribution in [0.1, 0.15) is 37.0 Å². The lowest BCUT2D eigenvalue weighted by molar-refractivity contribution is -0.387. The Morgan fingerprint density at radius 3 is 2.63 bits per heavy atom. The molecule has 0 aliphatic carbocycles. The fourth-order valence-corrected chi connectivity index (χ4v) is 1.58. The Morgan fingerprint density at radius 2 is 2.11 bits per heavy atom. The highest BCUT2D eigenvalue weighted by atomic mass is 19.1. The number of carbonyl (C=O) groups excluding carboxylic acids is 1. The van der Waals surface area contributed by atoms with Gasteiger partial charge in [-0.1, -0.05) is 13.3 Å². The van der Waals surface area contributed by atoms with E-state index in [4.69, 9.17) is 4.74 Å². The van der Waals surface area contributed by atoms with Crippen LogP contribution < -0.4 is 0 Å². The molecule has 7 heteroatoms. The maximum absolute atomic E-state index is 13.7. The van der Waals surface area contributed by atoms with Crippen LogP contribution in [0, 0.1) is 21.7 Å². The van der Waals surface area contributed by atoms with Crippen molar-refractivity contribution < 1.29 is 23.2 Å². The second kappa shape index (κ2) is 6.21. The van der Waals surface area contributed by atoms with Crippen molar-refractivity contribution in [1.82, 2.24) is 0 Å². The van der Waals surface area contributed by atoms with Gasteiger partial charge in [-0.25, -0.2) is 9.18 Å². The first-order chi connectivity index (χ1) is 8.88. The molecule has 0 radical (unpaired) electrons. The van der Waals surface area contributed by atoms with Crippen LogP contribution >= 0.6 is 0 Å². The van der Waals surface area contributed by atoms with Gasteiger partial charge < -0.3 is 4.74 Å². The molecule has 19 heavy (non-hydrogen) atoms. The third-order valence-electron chi connectivity index (χ3n) is 2.47. The van der Waals surface area contributed by atoms with Crippen LogP contribution in [0.2, 0.25) is 0 Å². The van der Waals surface area contributed by atoms with E-state index in [0.29, 0.717) is 18.6 Å². The molecule has 1 aromatic carbocycles. The number of benzene rings is 1. The van der Waals surface area contributed by atoms with Gasteiger partial charge in [0.1, 0.15) is 11.4 Å². The number of hydrogen-bond donors (Lipinski definition) is 0. The lowest BCUT2D eigenvalue weighted by Crippen LogP contribution is -2.18. The summed E-state index contributed by atoms with van der Waals surface area (Å²) in [5.41, 5.74) is -1.99. The molecule has 5 nitrogen and oxygen atoms in total. The number of hydrogen-bond acceptors (Lipinski definition) is 4. The molecular weight excluding hydrogens is 260 g/mol. The molecule has 0 heterocycles. The summed E-state index contributed by atoms with van der Waals surface area (Å²) in [6.45, 7) is 3.44. The molecule has 0 N–H and O–H groups in total. The number of nitro benzene ring substituents is 1. The van der Waals surface area contributed by atoms with Gasteiger partial charge in [-0.15, -0.1) is 0 Å². The highest BCUT2D eigenvalue weighted by Gasteiger charge is 2.28. The Hall–Kier alpha value is -2.05. The van der Waals surface area contributed by atoms with Crippen molar-refractivity contribution in [2.24, 2.45) is 0 Å². The average molecular weight is 273 g/mol. The summed E-state index contributed by atoms with van der Waals surface area (Å²) in [5, 5.41) is 10.5. The molecule has 1 rings (SSSR count). The van der Waals surface area contributed by atoms with Crippen LogP contribution in [-0.4, -0.2) is 17.0 Å². The normalized spacial score (nSPS) is 12.0. The van der Waals surface area contributed by atoms with Gasteiger partial charge >= 0.3 is 11.7 Å². The van der Waals surface area contributed by atoms with Gasteiger partial charge in [0.25, 0.3) is 0 Å². The Balaban J connectivity index is 3.09. The molecule has 0 aromatic heterocycles. The number of carbonyl (C=O) groups is 1. The van der Waals surface area contributed by atoms with Gasteiger partial charge in [0, 0.05) is 6.07 Å². The topological polar surface area (TPSA) is 69.4 Å². The fraction of sp³-hybridized carbons (Fsp3) is 0.417. The minimum Gasteiger partial charge on any atom is -0.459 e. The van der Waals surface area contributed by atoms with Gasteiger partial charge in [-0.2, -0.15) is 4.39 Å². The first kappa shape index (κ1) is 15.0. The SMILES string of the molecule is CCCC(C)OC(=O)c1c(F)ccc([N+](=O)[O-])c1F. The predicted octanol–water partition coefficient (Wildman–Crippen LogP) is 3.22. The zero-order chi connectivity index (χ0) is 14.6. The van der Waals surface area contributed by atoms with E-state index in [9.17, 15) is 23.7 Å². The monoisotopic (exact) mass is 273 g/mol. The highest BCUT2D eigenvalue weighted by Crippen LogP contribution is 2.24. The summed E-state index contributed by atoms with van der Waals surface area (Å²) in [6, 6.07) is 1.33. The predicted molar refractivity (Wildman–Crippen MR) is 62.8 cm³/mol. The van der Waals surface area contributed by atoms with Crippen molar-refractivity contribution in [1.29, 1.82) is 0 Å². The van der Waals surface area contributed by atoms with Crippen molar-refractivity contribution in [3.63, 3.8) is 0 Å². The van der Waals surface area contributed by atoms with Crippen LogP contribution in [0.4, 0.5) is 14.5 Å². The van der Waals surface area contributed by atoms with Crippen LogP contribution in [0.25, 0.3) is 0 Å². The Labute approximate surface area is 108 Å². The number of halogens is 2. The van der Waals surface area contributed by atoms with Crippen LogP contribution in [0.15, 0.2) is 12.1 Å². The average Bonchev–Trinajstić information content (AvgIpc) is 2.28. The maximum atomic E-state index is 13.7. The largest absolute Gasteiger partial charge is 0.459 e. The standard InChI is InChI=1S/C12H13F2NO4/c1-3-4-7(2)19-12(16)10-8(13)5-6-9(11(10)14)15(17)18/h5-7H,3-4H2,1-2H3. The Bertz CT molecular complexity index is 505. The third kappa shape index (κ3) is 3.46. The molecule has 0 amide bonds. The first-order valence-corrected chi connectivity index (χ1v) is 5.71. The van der Waals surface area contributed by atoms with Gasteiger partial charge in [0.2, 0.25) is 5.82 Å². The molecule has 0 aliphatic rings. The Morgan fingerprint density at radius 1 is 1.47 bits per heavy atom. The van der Waals surface area contributed by atoms with Gasteiger partial charge in [-0.05, 0) is 19.4 Å². The van der Waals surface area contributed by atoms with Gasteiger partial charge in [-0.3, -0.25) is 10.1 Å². The minimum atomic E-state index is -1.52. The van der Waals surface area contributed by atoms with E-state index in [1.807, 2.05) is 6.92 Å². The summed E-state index contributed by atoms with van der Waals surface area (Å²) in [5.74, 6) is -3.94. The van der Waals surface area contributed by atoms with E-state index in [2.05, 4.69) is 0 Å². The summed E-state index contributed by atoms with van der Waals surface area (Å²) >= 11 is 0. The summed E-state index contributed by atoms with van der Waals surface area (Å²) in [7, 11) is 0. The highest BCUT2D eigenvalue weighted by molar-refractivity contribution is 5.91. The molecular formula is C12H13F2NO4. The summed E-state index contributed by atoms with van der Waals surface area (Å²) < 4.78 is 31.9. The molecule has 0 bridgehead atoms.